The number of carbonyl (C=O) groups excluding carboxylic acids is 1. The molecule has 2 aromatic carbocycles. The summed E-state index contributed by atoms with van der Waals surface area (Å²) < 4.78 is 7.05. The average Bonchev–Trinajstić information content (AvgIpc) is 3.18. The van der Waals surface area contributed by atoms with Crippen molar-refractivity contribution in [2.24, 2.45) is 0 Å². The van der Waals surface area contributed by atoms with Gasteiger partial charge in [-0.05, 0) is 18.4 Å². The van der Waals surface area contributed by atoms with Gasteiger partial charge in [-0.15, -0.1) is 0 Å². The minimum Gasteiger partial charge on any atom is -0.381 e. The molecule has 1 aliphatic rings. The summed E-state index contributed by atoms with van der Waals surface area (Å²) in [5.41, 5.74) is 2.97. The number of benzene rings is 2. The predicted molar refractivity (Wildman–Crippen MR) is 120 cm³/mol. The van der Waals surface area contributed by atoms with Crippen molar-refractivity contribution in [2.45, 2.75) is 23.4 Å². The van der Waals surface area contributed by atoms with E-state index in [9.17, 15) is 4.79 Å². The molecule has 2 heterocycles. The molecule has 30 heavy (non-hydrogen) atoms. The fraction of sp³-hybridized carbons (Fsp3) is 0.304. The van der Waals surface area contributed by atoms with E-state index in [1.807, 2.05) is 36.4 Å². The van der Waals surface area contributed by atoms with Crippen molar-refractivity contribution in [1.82, 2.24) is 15.0 Å². The summed E-state index contributed by atoms with van der Waals surface area (Å²) in [5.74, 6) is 6.29. The van der Waals surface area contributed by atoms with Crippen molar-refractivity contribution in [3.8, 4) is 11.3 Å². The second-order valence-corrected chi connectivity index (χ2v) is 8.45. The lowest BCUT2D eigenvalue weighted by atomic mass is 9.74. The summed E-state index contributed by atoms with van der Waals surface area (Å²) in [4.78, 5) is 17.1. The van der Waals surface area contributed by atoms with E-state index in [4.69, 9.17) is 10.6 Å². The number of imidazole rings is 1. The molecule has 1 aliphatic heterocycles. The first kappa shape index (κ1) is 20.5. The normalized spacial score (nSPS) is 15.6. The third-order valence-corrected chi connectivity index (χ3v) is 6.53. The second-order valence-electron chi connectivity index (χ2n) is 7.51. The second kappa shape index (κ2) is 9.36. The first-order valence-corrected chi connectivity index (χ1v) is 11.1. The van der Waals surface area contributed by atoms with Gasteiger partial charge in [0.05, 0.1) is 17.6 Å². The Bertz CT molecular complexity index is 969. The third kappa shape index (κ3) is 4.68. The third-order valence-electron chi connectivity index (χ3n) is 5.56. The van der Waals surface area contributed by atoms with Gasteiger partial charge in [-0.25, -0.2) is 9.66 Å². The predicted octanol–water partition coefficient (Wildman–Crippen LogP) is 3.22. The number of nitrogens with zero attached hydrogens (tertiary/aromatic N) is 2. The number of nitrogen functional groups attached to an aromatic ring is 1. The number of hydrogen-bond acceptors (Lipinski definition) is 5. The molecule has 0 spiro atoms. The number of rotatable bonds is 7. The van der Waals surface area contributed by atoms with Crippen LogP contribution in [0.1, 0.15) is 18.4 Å². The molecule has 7 heteroatoms. The number of carbonyl (C=O) groups is 1. The van der Waals surface area contributed by atoms with Crippen molar-refractivity contribution in [3.05, 3.63) is 72.4 Å². The van der Waals surface area contributed by atoms with Crippen molar-refractivity contribution in [3.63, 3.8) is 0 Å². The van der Waals surface area contributed by atoms with Crippen LogP contribution in [0, 0.1) is 0 Å². The van der Waals surface area contributed by atoms with E-state index in [0.29, 0.717) is 24.9 Å². The lowest BCUT2D eigenvalue weighted by Crippen LogP contribution is -2.45. The molecule has 0 unspecified atom stereocenters. The van der Waals surface area contributed by atoms with Crippen LogP contribution < -0.4 is 11.2 Å². The Morgan fingerprint density at radius 3 is 2.47 bits per heavy atom. The number of thioether (sulfide) groups is 1. The standard InChI is InChI=1S/C23H26N4O2S/c24-27-15-20(18-7-3-1-4-8-18)26-22(27)30-16-21(28)25-17-23(11-13-29-14-12-23)19-9-5-2-6-10-19/h1-10,15H,11-14,16-17,24H2,(H,25,28). The summed E-state index contributed by atoms with van der Waals surface area (Å²) in [6.45, 7) is 2.03. The molecule has 1 amide bonds. The van der Waals surface area contributed by atoms with Gasteiger partial charge >= 0.3 is 0 Å². The van der Waals surface area contributed by atoms with Crippen molar-refractivity contribution < 1.29 is 9.53 Å². The van der Waals surface area contributed by atoms with Crippen LogP contribution in [0.25, 0.3) is 11.3 Å². The van der Waals surface area contributed by atoms with Crippen molar-refractivity contribution in [2.75, 3.05) is 31.4 Å². The molecule has 0 bridgehead atoms. The molecule has 0 saturated carbocycles. The molecule has 3 aromatic rings. The van der Waals surface area contributed by atoms with Crippen LogP contribution in [0.2, 0.25) is 0 Å². The molecule has 3 N–H and O–H groups in total. The van der Waals surface area contributed by atoms with E-state index in [1.165, 1.54) is 22.0 Å². The Hall–Kier alpha value is -2.77. The summed E-state index contributed by atoms with van der Waals surface area (Å²) >= 11 is 1.34. The zero-order chi connectivity index (χ0) is 20.8. The minimum absolute atomic E-state index is 0.0222. The molecule has 0 radical (unpaired) electrons. The summed E-state index contributed by atoms with van der Waals surface area (Å²) in [5, 5.41) is 3.75. The molecule has 0 aliphatic carbocycles. The van der Waals surface area contributed by atoms with Gasteiger partial charge in [-0.3, -0.25) is 4.79 Å². The Kier molecular flexibility index (Phi) is 6.40. The monoisotopic (exact) mass is 422 g/mol. The van der Waals surface area contributed by atoms with Crippen molar-refractivity contribution >= 4 is 17.7 Å². The van der Waals surface area contributed by atoms with E-state index >= 15 is 0 Å². The highest BCUT2D eigenvalue weighted by atomic mass is 32.2. The number of nitrogens with one attached hydrogen (secondary N) is 1. The molecule has 0 atom stereocenters. The number of aromatic nitrogens is 2. The fourth-order valence-electron chi connectivity index (χ4n) is 3.80. The van der Waals surface area contributed by atoms with E-state index in [-0.39, 0.29) is 17.1 Å². The lowest BCUT2D eigenvalue weighted by molar-refractivity contribution is -0.119. The number of hydrogen-bond donors (Lipinski definition) is 2. The van der Waals surface area contributed by atoms with E-state index in [0.717, 1.165) is 24.1 Å². The van der Waals surface area contributed by atoms with Gasteiger partial charge in [0.1, 0.15) is 0 Å². The highest BCUT2D eigenvalue weighted by Crippen LogP contribution is 2.34. The fourth-order valence-corrected chi connectivity index (χ4v) is 4.53. The van der Waals surface area contributed by atoms with Gasteiger partial charge in [0.15, 0.2) is 5.16 Å². The summed E-state index contributed by atoms with van der Waals surface area (Å²) in [6.07, 6.45) is 3.58. The molecule has 1 fully saturated rings. The Morgan fingerprint density at radius 2 is 1.77 bits per heavy atom. The van der Waals surface area contributed by atoms with E-state index in [2.05, 4.69) is 34.6 Å². The van der Waals surface area contributed by atoms with Gasteiger partial charge < -0.3 is 15.9 Å². The zero-order valence-electron chi connectivity index (χ0n) is 16.8. The Balaban J connectivity index is 1.36. The number of nitrogens with two attached hydrogens (primary N) is 1. The Labute approximate surface area is 180 Å². The van der Waals surface area contributed by atoms with Crippen LogP contribution in [-0.2, 0) is 14.9 Å². The van der Waals surface area contributed by atoms with Gasteiger partial charge in [-0.2, -0.15) is 0 Å². The van der Waals surface area contributed by atoms with Gasteiger partial charge in [0.2, 0.25) is 5.91 Å². The van der Waals surface area contributed by atoms with E-state index in [1.54, 1.807) is 6.20 Å². The average molecular weight is 423 g/mol. The SMILES string of the molecule is Nn1cc(-c2ccccc2)nc1SCC(=O)NCC1(c2ccccc2)CCOCC1. The number of amides is 1. The van der Waals surface area contributed by atoms with Crippen LogP contribution in [0.5, 0.6) is 0 Å². The smallest absolute Gasteiger partial charge is 0.230 e. The molecular weight excluding hydrogens is 396 g/mol. The highest BCUT2D eigenvalue weighted by Gasteiger charge is 2.34. The minimum atomic E-state index is -0.0767. The van der Waals surface area contributed by atoms with Crippen LogP contribution in [-0.4, -0.2) is 41.1 Å². The van der Waals surface area contributed by atoms with Crippen molar-refractivity contribution in [1.29, 1.82) is 0 Å². The summed E-state index contributed by atoms with van der Waals surface area (Å²) in [6, 6.07) is 20.3. The molecule has 6 nitrogen and oxygen atoms in total. The molecule has 1 aromatic heterocycles. The van der Waals surface area contributed by atoms with E-state index < -0.39 is 0 Å². The largest absolute Gasteiger partial charge is 0.381 e. The first-order valence-electron chi connectivity index (χ1n) is 10.1. The van der Waals surface area contributed by atoms with Gasteiger partial charge in [0.25, 0.3) is 0 Å². The highest BCUT2D eigenvalue weighted by molar-refractivity contribution is 7.99. The number of ether oxygens (including phenoxy) is 1. The van der Waals surface area contributed by atoms with Gasteiger partial charge in [-0.1, -0.05) is 72.4 Å². The Morgan fingerprint density at radius 1 is 1.10 bits per heavy atom. The first-order chi connectivity index (χ1) is 14.7. The van der Waals surface area contributed by atoms with Crippen LogP contribution in [0.4, 0.5) is 0 Å². The molecule has 156 valence electrons. The maximum absolute atomic E-state index is 12.6. The molecular formula is C23H26N4O2S. The lowest BCUT2D eigenvalue weighted by Gasteiger charge is -2.38. The maximum Gasteiger partial charge on any atom is 0.230 e. The topological polar surface area (TPSA) is 82.2 Å². The summed E-state index contributed by atoms with van der Waals surface area (Å²) in [7, 11) is 0. The zero-order valence-corrected chi connectivity index (χ0v) is 17.6. The molecule has 4 rings (SSSR count). The molecule has 1 saturated heterocycles. The van der Waals surface area contributed by atoms with Crippen LogP contribution >= 0.6 is 11.8 Å². The van der Waals surface area contributed by atoms with Crippen LogP contribution in [0.15, 0.2) is 72.0 Å². The van der Waals surface area contributed by atoms with Gasteiger partial charge in [0, 0.05) is 30.7 Å². The van der Waals surface area contributed by atoms with Crippen LogP contribution in [0.3, 0.4) is 0 Å². The maximum atomic E-state index is 12.6. The quantitative estimate of drug-likeness (QED) is 0.451.